The van der Waals surface area contributed by atoms with E-state index in [1.165, 1.54) is 7.11 Å². The Hall–Kier alpha value is -1.56. The number of hydrogen-bond acceptors (Lipinski definition) is 4. The van der Waals surface area contributed by atoms with Gasteiger partial charge in [-0.25, -0.2) is 4.79 Å². The summed E-state index contributed by atoms with van der Waals surface area (Å²) in [5, 5.41) is 2.80. The average molecular weight is 301 g/mol. The summed E-state index contributed by atoms with van der Waals surface area (Å²) in [6.45, 7) is 1.81. The molecule has 5 nitrogen and oxygen atoms in total. The molecule has 3 N–H and O–H groups in total. The van der Waals surface area contributed by atoms with Crippen molar-refractivity contribution in [2.75, 3.05) is 19.0 Å². The first kappa shape index (κ1) is 13.5. The lowest BCUT2D eigenvalue weighted by atomic mass is 10.1. The molecule has 0 unspecified atom stereocenters. The van der Waals surface area contributed by atoms with Crippen molar-refractivity contribution in [2.45, 2.75) is 6.92 Å². The highest BCUT2D eigenvalue weighted by Crippen LogP contribution is 2.28. The van der Waals surface area contributed by atoms with Gasteiger partial charge in [-0.15, -0.1) is 0 Å². The molecule has 0 aliphatic rings. The molecule has 1 aromatic carbocycles. The van der Waals surface area contributed by atoms with Crippen molar-refractivity contribution >= 4 is 33.5 Å². The van der Waals surface area contributed by atoms with E-state index in [1.807, 2.05) is 13.0 Å². The molecule has 0 heterocycles. The molecule has 17 heavy (non-hydrogen) atoms. The molecule has 0 fully saturated rings. The smallest absolute Gasteiger partial charge is 0.340 e. The Balaban J connectivity index is 3.15. The third-order valence-corrected chi connectivity index (χ3v) is 2.70. The summed E-state index contributed by atoms with van der Waals surface area (Å²) < 4.78 is 5.36. The van der Waals surface area contributed by atoms with Crippen LogP contribution in [0.3, 0.4) is 0 Å². The van der Waals surface area contributed by atoms with Crippen LogP contribution in [-0.2, 0) is 9.53 Å². The number of esters is 1. The fraction of sp³-hybridized carbons (Fsp3) is 0.273. The maximum absolute atomic E-state index is 11.6. The van der Waals surface area contributed by atoms with Crippen molar-refractivity contribution in [3.8, 4) is 0 Å². The number of hydrogen-bond donors (Lipinski definition) is 2. The van der Waals surface area contributed by atoms with Gasteiger partial charge >= 0.3 is 5.97 Å². The molecule has 0 aliphatic carbocycles. The molecule has 0 saturated carbocycles. The van der Waals surface area contributed by atoms with Crippen LogP contribution in [0.2, 0.25) is 0 Å². The second-order valence-electron chi connectivity index (χ2n) is 3.48. The number of primary amides is 1. The standard InChI is InChI=1S/C11H13BrN2O3/c1-6-3-7(11(16)17-2)10(8(12)4-6)14-5-9(13)15/h3-4,14H,5H2,1-2H3,(H2,13,15). The summed E-state index contributed by atoms with van der Waals surface area (Å²) in [7, 11) is 1.30. The zero-order chi connectivity index (χ0) is 13.0. The number of nitrogens with two attached hydrogens (primary N) is 1. The summed E-state index contributed by atoms with van der Waals surface area (Å²) in [4.78, 5) is 22.3. The third kappa shape index (κ3) is 3.45. The van der Waals surface area contributed by atoms with Crippen molar-refractivity contribution in [3.63, 3.8) is 0 Å². The highest BCUT2D eigenvalue weighted by atomic mass is 79.9. The highest BCUT2D eigenvalue weighted by molar-refractivity contribution is 9.10. The number of halogens is 1. The van der Waals surface area contributed by atoms with Crippen LogP contribution in [0.15, 0.2) is 16.6 Å². The van der Waals surface area contributed by atoms with Gasteiger partial charge in [0.25, 0.3) is 0 Å². The third-order valence-electron chi connectivity index (χ3n) is 2.08. The van der Waals surface area contributed by atoms with E-state index >= 15 is 0 Å². The van der Waals surface area contributed by atoms with E-state index in [4.69, 9.17) is 5.73 Å². The Morgan fingerprint density at radius 3 is 2.65 bits per heavy atom. The minimum Gasteiger partial charge on any atom is -0.465 e. The molecular formula is C11H13BrN2O3. The van der Waals surface area contributed by atoms with Crippen LogP contribution in [-0.4, -0.2) is 25.5 Å². The molecule has 0 radical (unpaired) electrons. The van der Waals surface area contributed by atoms with Gasteiger partial charge in [0.1, 0.15) is 0 Å². The topological polar surface area (TPSA) is 81.4 Å². The van der Waals surface area contributed by atoms with Crippen molar-refractivity contribution in [1.82, 2.24) is 0 Å². The minimum absolute atomic E-state index is 0.0499. The molecule has 1 amide bonds. The van der Waals surface area contributed by atoms with E-state index in [0.717, 1.165) is 5.56 Å². The number of amides is 1. The first-order valence-electron chi connectivity index (χ1n) is 4.86. The number of benzene rings is 1. The predicted molar refractivity (Wildman–Crippen MR) is 67.9 cm³/mol. The lowest BCUT2D eigenvalue weighted by Gasteiger charge is -2.12. The van der Waals surface area contributed by atoms with Crippen molar-refractivity contribution in [3.05, 3.63) is 27.7 Å². The fourth-order valence-electron chi connectivity index (χ4n) is 1.37. The van der Waals surface area contributed by atoms with Gasteiger partial charge < -0.3 is 15.8 Å². The molecule has 0 aromatic heterocycles. The van der Waals surface area contributed by atoms with Gasteiger partial charge in [-0.3, -0.25) is 4.79 Å². The Labute approximate surface area is 107 Å². The number of carbonyl (C=O) groups is 2. The monoisotopic (exact) mass is 300 g/mol. The Morgan fingerprint density at radius 1 is 1.47 bits per heavy atom. The van der Waals surface area contributed by atoms with Crippen LogP contribution in [0.5, 0.6) is 0 Å². The molecule has 1 rings (SSSR count). The Kier molecular flexibility index (Phi) is 4.51. The average Bonchev–Trinajstić information content (AvgIpc) is 2.25. The zero-order valence-corrected chi connectivity index (χ0v) is 11.1. The van der Waals surface area contributed by atoms with Crippen molar-refractivity contribution < 1.29 is 14.3 Å². The number of rotatable bonds is 4. The van der Waals surface area contributed by atoms with Crippen LogP contribution >= 0.6 is 15.9 Å². The summed E-state index contributed by atoms with van der Waals surface area (Å²) in [5.74, 6) is -0.977. The lowest BCUT2D eigenvalue weighted by Crippen LogP contribution is -2.23. The second-order valence-corrected chi connectivity index (χ2v) is 4.34. The SMILES string of the molecule is COC(=O)c1cc(C)cc(Br)c1NCC(N)=O. The van der Waals surface area contributed by atoms with Crippen LogP contribution in [0, 0.1) is 6.92 Å². The number of ether oxygens (including phenoxy) is 1. The fourth-order valence-corrected chi connectivity index (χ4v) is 2.08. The molecular weight excluding hydrogens is 288 g/mol. The molecule has 0 atom stereocenters. The normalized spacial score (nSPS) is 9.82. The van der Waals surface area contributed by atoms with Crippen molar-refractivity contribution in [2.24, 2.45) is 5.73 Å². The Morgan fingerprint density at radius 2 is 2.12 bits per heavy atom. The summed E-state index contributed by atoms with van der Waals surface area (Å²) in [6.07, 6.45) is 0. The molecule has 92 valence electrons. The maximum Gasteiger partial charge on any atom is 0.340 e. The van der Waals surface area contributed by atoms with Crippen molar-refractivity contribution in [1.29, 1.82) is 0 Å². The first-order valence-corrected chi connectivity index (χ1v) is 5.65. The molecule has 0 spiro atoms. The van der Waals surface area contributed by atoms with Crippen LogP contribution in [0.4, 0.5) is 5.69 Å². The van der Waals surface area contributed by atoms with Gasteiger partial charge in [-0.05, 0) is 40.5 Å². The van der Waals surface area contributed by atoms with Gasteiger partial charge in [-0.2, -0.15) is 0 Å². The van der Waals surface area contributed by atoms with E-state index in [2.05, 4.69) is 26.0 Å². The summed E-state index contributed by atoms with van der Waals surface area (Å²) in [6, 6.07) is 3.51. The van der Waals surface area contributed by atoms with Gasteiger partial charge in [0, 0.05) is 4.47 Å². The van der Waals surface area contributed by atoms with E-state index in [0.29, 0.717) is 15.7 Å². The van der Waals surface area contributed by atoms with Crippen LogP contribution in [0.1, 0.15) is 15.9 Å². The minimum atomic E-state index is -0.506. The van der Waals surface area contributed by atoms with E-state index in [1.54, 1.807) is 6.07 Å². The molecule has 0 aliphatic heterocycles. The second kappa shape index (κ2) is 5.67. The van der Waals surface area contributed by atoms with E-state index in [-0.39, 0.29) is 6.54 Å². The molecule has 1 aromatic rings. The molecule has 0 bridgehead atoms. The van der Waals surface area contributed by atoms with E-state index in [9.17, 15) is 9.59 Å². The van der Waals surface area contributed by atoms with Gasteiger partial charge in [0.15, 0.2) is 0 Å². The number of anilines is 1. The van der Waals surface area contributed by atoms with Gasteiger partial charge in [0.2, 0.25) is 5.91 Å². The maximum atomic E-state index is 11.6. The molecule has 6 heteroatoms. The summed E-state index contributed by atoms with van der Waals surface area (Å²) in [5.41, 5.74) is 6.81. The number of methoxy groups -OCH3 is 1. The van der Waals surface area contributed by atoms with Crippen LogP contribution < -0.4 is 11.1 Å². The molecule has 0 saturated heterocycles. The predicted octanol–water partition coefficient (Wildman–Crippen LogP) is 1.44. The zero-order valence-electron chi connectivity index (χ0n) is 9.54. The number of carbonyl (C=O) groups excluding carboxylic acids is 2. The number of nitrogens with one attached hydrogen (secondary N) is 1. The Bertz CT molecular complexity index is 460. The first-order chi connectivity index (χ1) is 7.95. The lowest BCUT2D eigenvalue weighted by molar-refractivity contribution is -0.116. The summed E-state index contributed by atoms with van der Waals surface area (Å²) >= 11 is 3.32. The van der Waals surface area contributed by atoms with Crippen LogP contribution in [0.25, 0.3) is 0 Å². The van der Waals surface area contributed by atoms with Gasteiger partial charge in [-0.1, -0.05) is 0 Å². The van der Waals surface area contributed by atoms with Gasteiger partial charge in [0.05, 0.1) is 24.9 Å². The largest absolute Gasteiger partial charge is 0.465 e. The van der Waals surface area contributed by atoms with E-state index < -0.39 is 11.9 Å². The quantitative estimate of drug-likeness (QED) is 0.825. The highest BCUT2D eigenvalue weighted by Gasteiger charge is 2.15. The number of aryl methyl sites for hydroxylation is 1.